The lowest BCUT2D eigenvalue weighted by Crippen LogP contribution is -2.21. The average Bonchev–Trinajstić information content (AvgIpc) is 2.36. The van der Waals surface area contributed by atoms with Crippen LogP contribution in [0.15, 0.2) is 0 Å². The third-order valence-corrected chi connectivity index (χ3v) is 3.52. The average molecular weight is 265 g/mol. The second-order valence-electron chi connectivity index (χ2n) is 4.01. The molecule has 0 spiro atoms. The van der Waals surface area contributed by atoms with Crippen molar-refractivity contribution in [1.29, 1.82) is 0 Å². The molecule has 0 saturated heterocycles. The molecular formula is C12H31NO3Si. The first-order chi connectivity index (χ1) is 8.15. The summed E-state index contributed by atoms with van der Waals surface area (Å²) in [6, 6.07) is 0. The zero-order valence-electron chi connectivity index (χ0n) is 12.5. The van der Waals surface area contributed by atoms with Gasteiger partial charge in [0, 0.05) is 21.3 Å². The topological polar surface area (TPSA) is 30.9 Å². The van der Waals surface area contributed by atoms with Gasteiger partial charge in [-0.2, -0.15) is 0 Å². The number of nitrogens with zero attached hydrogens (tertiary/aromatic N) is 1. The molecule has 0 aliphatic rings. The summed E-state index contributed by atoms with van der Waals surface area (Å²) in [7, 11) is 5.26. The van der Waals surface area contributed by atoms with E-state index in [9.17, 15) is 0 Å². The normalized spacial score (nSPS) is 10.6. The highest BCUT2D eigenvalue weighted by Crippen LogP contribution is 1.94. The minimum atomic E-state index is -1.67. The maximum absolute atomic E-state index is 4.74. The molecule has 4 nitrogen and oxygen atoms in total. The highest BCUT2D eigenvalue weighted by Gasteiger charge is 2.04. The van der Waals surface area contributed by atoms with Crippen molar-refractivity contribution in [3.05, 3.63) is 0 Å². The largest absolute Gasteiger partial charge is 0.483 e. The molecule has 0 aliphatic carbocycles. The Morgan fingerprint density at radius 1 is 0.824 bits per heavy atom. The summed E-state index contributed by atoms with van der Waals surface area (Å²) >= 11 is 0. The lowest BCUT2D eigenvalue weighted by molar-refractivity contribution is 0.163. The molecule has 106 valence electrons. The Balaban J connectivity index is 0. The fraction of sp³-hybridized carbons (Fsp3) is 1.00. The van der Waals surface area contributed by atoms with E-state index < -0.39 is 9.53 Å². The summed E-state index contributed by atoms with van der Waals surface area (Å²) in [5, 5.41) is 0. The first kappa shape index (κ1) is 19.4. The molecule has 0 fully saturated rings. The molecule has 0 aromatic carbocycles. The molecule has 0 aliphatic heterocycles. The van der Waals surface area contributed by atoms with Gasteiger partial charge in [0.1, 0.15) is 0 Å². The Labute approximate surface area is 109 Å². The lowest BCUT2D eigenvalue weighted by Gasteiger charge is -2.14. The van der Waals surface area contributed by atoms with Crippen molar-refractivity contribution >= 4 is 9.53 Å². The molecule has 0 aromatic heterocycles. The Bertz CT molecular complexity index is 121. The van der Waals surface area contributed by atoms with E-state index in [0.29, 0.717) is 0 Å². The van der Waals surface area contributed by atoms with E-state index >= 15 is 0 Å². The molecule has 0 radical (unpaired) electrons. The molecule has 0 atom stereocenters. The van der Waals surface area contributed by atoms with Crippen LogP contribution in [0.3, 0.4) is 0 Å². The minimum absolute atomic E-state index is 1.27. The predicted molar refractivity (Wildman–Crippen MR) is 75.5 cm³/mol. The van der Waals surface area contributed by atoms with Crippen LogP contribution in [0.2, 0.25) is 0 Å². The van der Waals surface area contributed by atoms with Gasteiger partial charge < -0.3 is 18.2 Å². The van der Waals surface area contributed by atoms with Gasteiger partial charge in [-0.05, 0) is 33.0 Å². The van der Waals surface area contributed by atoms with Crippen molar-refractivity contribution in [3.63, 3.8) is 0 Å². The zero-order chi connectivity index (χ0) is 13.5. The summed E-state index contributed by atoms with van der Waals surface area (Å²) in [5.74, 6) is 0. The van der Waals surface area contributed by atoms with Crippen LogP contribution in [-0.4, -0.2) is 55.9 Å². The van der Waals surface area contributed by atoms with Crippen LogP contribution in [0.5, 0.6) is 0 Å². The quantitative estimate of drug-likeness (QED) is 0.598. The van der Waals surface area contributed by atoms with Crippen LogP contribution >= 0.6 is 0 Å². The van der Waals surface area contributed by atoms with Gasteiger partial charge in [0.25, 0.3) is 0 Å². The molecule has 0 heterocycles. The molecule has 0 N–H and O–H groups in total. The fourth-order valence-corrected chi connectivity index (χ4v) is 1.83. The number of unbranched alkanes of at least 4 members (excludes halogenated alkanes) is 2. The van der Waals surface area contributed by atoms with Gasteiger partial charge in [0.05, 0.1) is 0 Å². The van der Waals surface area contributed by atoms with Gasteiger partial charge in [0.2, 0.25) is 0 Å². The number of rotatable bonds is 9. The van der Waals surface area contributed by atoms with Crippen LogP contribution in [0.1, 0.15) is 39.5 Å². The minimum Gasteiger partial charge on any atom is -0.379 e. The van der Waals surface area contributed by atoms with E-state index in [0.717, 1.165) is 0 Å². The molecule has 0 amide bonds. The van der Waals surface area contributed by atoms with Crippen molar-refractivity contribution in [1.82, 2.24) is 4.90 Å². The maximum Gasteiger partial charge on any atom is 0.483 e. The van der Waals surface area contributed by atoms with Crippen molar-refractivity contribution in [2.75, 3.05) is 41.5 Å². The smallest absolute Gasteiger partial charge is 0.379 e. The van der Waals surface area contributed by atoms with E-state index in [2.05, 4.69) is 25.8 Å². The van der Waals surface area contributed by atoms with Crippen LogP contribution < -0.4 is 0 Å². The van der Waals surface area contributed by atoms with E-state index in [1.165, 1.54) is 38.8 Å². The molecule has 0 saturated carbocycles. The van der Waals surface area contributed by atoms with Crippen molar-refractivity contribution in [2.24, 2.45) is 0 Å². The third-order valence-electron chi connectivity index (χ3n) is 2.36. The summed E-state index contributed by atoms with van der Waals surface area (Å²) in [4.78, 5) is 2.42. The van der Waals surface area contributed by atoms with E-state index in [1.54, 1.807) is 21.3 Å². The predicted octanol–water partition coefficient (Wildman–Crippen LogP) is 2.16. The van der Waals surface area contributed by atoms with Crippen LogP contribution in [-0.2, 0) is 13.3 Å². The zero-order valence-corrected chi connectivity index (χ0v) is 13.6. The van der Waals surface area contributed by atoms with Crippen molar-refractivity contribution in [3.8, 4) is 0 Å². The first-order valence-corrected chi connectivity index (χ1v) is 7.84. The van der Waals surface area contributed by atoms with E-state index in [1.807, 2.05) is 0 Å². The molecule has 0 rings (SSSR count). The Morgan fingerprint density at radius 3 is 1.35 bits per heavy atom. The van der Waals surface area contributed by atoms with E-state index in [-0.39, 0.29) is 0 Å². The van der Waals surface area contributed by atoms with E-state index in [4.69, 9.17) is 13.3 Å². The Hall–Kier alpha value is 0.0569. The van der Waals surface area contributed by atoms with Crippen LogP contribution in [0.25, 0.3) is 0 Å². The van der Waals surface area contributed by atoms with Gasteiger partial charge in [-0.3, -0.25) is 0 Å². The Morgan fingerprint density at radius 2 is 1.18 bits per heavy atom. The highest BCUT2D eigenvalue weighted by molar-refractivity contribution is 6.36. The van der Waals surface area contributed by atoms with Gasteiger partial charge in [0.15, 0.2) is 0 Å². The van der Waals surface area contributed by atoms with Gasteiger partial charge in [-0.1, -0.05) is 26.7 Å². The molecule has 0 unspecified atom stereocenters. The van der Waals surface area contributed by atoms with Crippen LogP contribution in [0.4, 0.5) is 0 Å². The monoisotopic (exact) mass is 265 g/mol. The maximum atomic E-state index is 4.74. The highest BCUT2D eigenvalue weighted by atomic mass is 28.3. The van der Waals surface area contributed by atoms with Gasteiger partial charge in [-0.15, -0.1) is 0 Å². The lowest BCUT2D eigenvalue weighted by atomic mass is 10.3. The molecular weight excluding hydrogens is 234 g/mol. The summed E-state index contributed by atoms with van der Waals surface area (Å²) in [5.41, 5.74) is 0. The van der Waals surface area contributed by atoms with Crippen molar-refractivity contribution < 1.29 is 13.3 Å². The molecule has 0 aromatic rings. The summed E-state index contributed by atoms with van der Waals surface area (Å²) in [6.07, 6.45) is 5.33. The van der Waals surface area contributed by atoms with Crippen LogP contribution in [0, 0.1) is 0 Å². The first-order valence-electron chi connectivity index (χ1n) is 6.43. The van der Waals surface area contributed by atoms with Crippen molar-refractivity contribution in [2.45, 2.75) is 39.5 Å². The molecule has 17 heavy (non-hydrogen) atoms. The second-order valence-corrected chi connectivity index (χ2v) is 6.00. The summed E-state index contributed by atoms with van der Waals surface area (Å²) in [6.45, 7) is 7.04. The third kappa shape index (κ3) is 16.1. The van der Waals surface area contributed by atoms with Gasteiger partial charge >= 0.3 is 9.53 Å². The number of hydrogen-bond donors (Lipinski definition) is 0. The van der Waals surface area contributed by atoms with Gasteiger partial charge in [-0.25, -0.2) is 0 Å². The molecule has 0 bridgehead atoms. The molecule has 5 heteroatoms. The standard InChI is InChI=1S/C9H21N.C3H10O3Si/c1-4-6-8-10(3)9-7-5-2;1-4-7(5-2)6-3/h4-9H2,1-3H3;7H,1-3H3. The fourth-order valence-electron chi connectivity index (χ4n) is 1.26. The number of hydrogen-bond acceptors (Lipinski definition) is 4. The SMILES string of the molecule is CCCCN(C)CCCC.CO[SiH](OC)OC. The summed E-state index contributed by atoms with van der Waals surface area (Å²) < 4.78 is 14.2. The Kier molecular flexibility index (Phi) is 18.3. The second kappa shape index (κ2) is 16.1.